The van der Waals surface area contributed by atoms with E-state index < -0.39 is 35.0 Å². The molecular weight excluding hydrogens is 317 g/mol. The van der Waals surface area contributed by atoms with Crippen LogP contribution < -0.4 is 0 Å². The molecule has 1 aliphatic heterocycles. The van der Waals surface area contributed by atoms with Crippen LogP contribution >= 0.6 is 0 Å². The van der Waals surface area contributed by atoms with Gasteiger partial charge in [-0.15, -0.1) is 0 Å². The summed E-state index contributed by atoms with van der Waals surface area (Å²) in [7, 11) is 0. The maximum Gasteiger partial charge on any atom is 0.358 e. The van der Waals surface area contributed by atoms with E-state index in [1.165, 1.54) is 24.3 Å². The first-order chi connectivity index (χ1) is 11.2. The molecule has 0 radical (unpaired) electrons. The molecule has 0 fully saturated rings. The Labute approximate surface area is 139 Å². The molecule has 0 aromatic heterocycles. The second kappa shape index (κ2) is 6.59. The molecular formula is C17H20FNO5. The van der Waals surface area contributed by atoms with Crippen molar-refractivity contribution < 1.29 is 28.2 Å². The average Bonchev–Trinajstić information content (AvgIpc) is 2.92. The number of nitrogens with zero attached hydrogens (tertiary/aromatic N) is 1. The third-order valence-corrected chi connectivity index (χ3v) is 3.32. The number of halogens is 1. The fraction of sp³-hybridized carbons (Fsp3) is 0.471. The van der Waals surface area contributed by atoms with E-state index in [2.05, 4.69) is 4.99 Å². The van der Waals surface area contributed by atoms with Crippen LogP contribution in [0, 0.1) is 5.82 Å². The van der Waals surface area contributed by atoms with Crippen molar-refractivity contribution in [1.82, 2.24) is 0 Å². The number of hydrogen-bond donors (Lipinski definition) is 0. The van der Waals surface area contributed by atoms with Crippen molar-refractivity contribution in [2.45, 2.75) is 44.9 Å². The number of benzene rings is 1. The molecule has 0 amide bonds. The maximum atomic E-state index is 13.2. The van der Waals surface area contributed by atoms with E-state index >= 15 is 0 Å². The summed E-state index contributed by atoms with van der Waals surface area (Å²) < 4.78 is 29.1. The van der Waals surface area contributed by atoms with Crippen molar-refractivity contribution in [2.75, 3.05) is 6.61 Å². The number of esters is 2. The number of rotatable bonds is 4. The highest BCUT2D eigenvalue weighted by molar-refractivity contribution is 5.94. The molecule has 7 heteroatoms. The molecule has 0 N–H and O–H groups in total. The fourth-order valence-corrected chi connectivity index (χ4v) is 2.37. The smallest absolute Gasteiger partial charge is 0.358 e. The van der Waals surface area contributed by atoms with Crippen molar-refractivity contribution in [2.24, 2.45) is 4.99 Å². The van der Waals surface area contributed by atoms with Gasteiger partial charge in [0, 0.05) is 5.56 Å². The molecule has 2 rings (SSSR count). The lowest BCUT2D eigenvalue weighted by Gasteiger charge is -2.31. The van der Waals surface area contributed by atoms with Crippen LogP contribution in [-0.2, 0) is 29.4 Å². The predicted molar refractivity (Wildman–Crippen MR) is 83.9 cm³/mol. The summed E-state index contributed by atoms with van der Waals surface area (Å²) >= 11 is 0. The highest BCUT2D eigenvalue weighted by atomic mass is 19.1. The highest BCUT2D eigenvalue weighted by Crippen LogP contribution is 2.37. The number of hydrogen-bond acceptors (Lipinski definition) is 6. The van der Waals surface area contributed by atoms with Crippen molar-refractivity contribution in [1.29, 1.82) is 0 Å². The van der Waals surface area contributed by atoms with Gasteiger partial charge in [-0.05, 0) is 39.8 Å². The quantitative estimate of drug-likeness (QED) is 0.789. The van der Waals surface area contributed by atoms with Gasteiger partial charge in [0.15, 0.2) is 6.40 Å². The summed E-state index contributed by atoms with van der Waals surface area (Å²) in [4.78, 5) is 29.1. The monoisotopic (exact) mass is 337 g/mol. The van der Waals surface area contributed by atoms with E-state index in [9.17, 15) is 14.0 Å². The van der Waals surface area contributed by atoms with Gasteiger partial charge in [0.2, 0.25) is 6.04 Å². The van der Waals surface area contributed by atoms with Crippen LogP contribution in [0.25, 0.3) is 0 Å². The van der Waals surface area contributed by atoms with Crippen molar-refractivity contribution in [3.8, 4) is 0 Å². The highest BCUT2D eigenvalue weighted by Gasteiger charge is 2.58. The van der Waals surface area contributed by atoms with Crippen LogP contribution in [0.2, 0.25) is 0 Å². The first-order valence-electron chi connectivity index (χ1n) is 7.56. The number of aliphatic imine (C=N–C) groups is 1. The predicted octanol–water partition coefficient (Wildman–Crippen LogP) is 2.35. The zero-order valence-electron chi connectivity index (χ0n) is 14.0. The van der Waals surface area contributed by atoms with Gasteiger partial charge in [-0.2, -0.15) is 0 Å². The third kappa shape index (κ3) is 3.39. The van der Waals surface area contributed by atoms with Crippen LogP contribution in [0.5, 0.6) is 0 Å². The fourth-order valence-electron chi connectivity index (χ4n) is 2.37. The minimum atomic E-state index is -1.83. The zero-order valence-corrected chi connectivity index (χ0v) is 14.0. The first kappa shape index (κ1) is 17.9. The van der Waals surface area contributed by atoms with E-state index in [-0.39, 0.29) is 12.2 Å². The van der Waals surface area contributed by atoms with Gasteiger partial charge < -0.3 is 14.2 Å². The Morgan fingerprint density at radius 1 is 1.29 bits per heavy atom. The average molecular weight is 337 g/mol. The molecule has 1 aliphatic rings. The van der Waals surface area contributed by atoms with Crippen LogP contribution in [-0.4, -0.2) is 36.6 Å². The number of ether oxygens (including phenoxy) is 3. The lowest BCUT2D eigenvalue weighted by atomic mass is 9.86. The second-order valence-electron chi connectivity index (χ2n) is 6.27. The maximum absolute atomic E-state index is 13.2. The van der Waals surface area contributed by atoms with Crippen molar-refractivity contribution in [3.63, 3.8) is 0 Å². The Hall–Kier alpha value is -2.44. The Balaban J connectivity index is 2.47. The topological polar surface area (TPSA) is 74.2 Å². The number of carbonyl (C=O) groups excluding carboxylic acids is 2. The standard InChI is InChI=1S/C17H20FNO5/c1-5-22-15(21)17(11-6-8-12(18)9-7-11)13(19-10-23-17)14(20)24-16(2,3)4/h6-10,13H,5H2,1-4H3/t13-,17-/m0/s1. The van der Waals surface area contributed by atoms with Crippen molar-refractivity contribution in [3.05, 3.63) is 35.6 Å². The Bertz CT molecular complexity index is 650. The normalized spacial score (nSPS) is 22.8. The first-order valence-corrected chi connectivity index (χ1v) is 7.56. The zero-order chi connectivity index (χ0) is 18.0. The largest absolute Gasteiger partial charge is 0.463 e. The summed E-state index contributed by atoms with van der Waals surface area (Å²) in [6.45, 7) is 6.83. The molecule has 2 atom stereocenters. The molecule has 24 heavy (non-hydrogen) atoms. The minimum absolute atomic E-state index is 0.0895. The van der Waals surface area contributed by atoms with Gasteiger partial charge >= 0.3 is 11.9 Å². The lowest BCUT2D eigenvalue weighted by molar-refractivity contribution is -0.175. The molecule has 1 aromatic carbocycles. The van der Waals surface area contributed by atoms with E-state index in [1.807, 2.05) is 0 Å². The van der Waals surface area contributed by atoms with Gasteiger partial charge in [0.25, 0.3) is 5.60 Å². The van der Waals surface area contributed by atoms with Gasteiger partial charge in [0.05, 0.1) is 6.61 Å². The molecule has 1 aromatic rings. The molecule has 6 nitrogen and oxygen atoms in total. The Morgan fingerprint density at radius 3 is 2.46 bits per heavy atom. The molecule has 0 bridgehead atoms. The van der Waals surface area contributed by atoms with Crippen molar-refractivity contribution >= 4 is 18.3 Å². The van der Waals surface area contributed by atoms with E-state index in [0.717, 1.165) is 6.40 Å². The van der Waals surface area contributed by atoms with E-state index in [4.69, 9.17) is 14.2 Å². The Morgan fingerprint density at radius 2 is 1.92 bits per heavy atom. The van der Waals surface area contributed by atoms with Crippen LogP contribution in [0.4, 0.5) is 4.39 Å². The molecule has 0 spiro atoms. The van der Waals surface area contributed by atoms with Gasteiger partial charge in [-0.3, -0.25) is 0 Å². The molecule has 1 heterocycles. The Kier molecular flexibility index (Phi) is 4.91. The molecule has 130 valence electrons. The number of carbonyl (C=O) groups is 2. The summed E-state index contributed by atoms with van der Waals surface area (Å²) in [5, 5.41) is 0. The van der Waals surface area contributed by atoms with Gasteiger partial charge in [-0.25, -0.2) is 19.0 Å². The van der Waals surface area contributed by atoms with E-state index in [1.54, 1.807) is 27.7 Å². The summed E-state index contributed by atoms with van der Waals surface area (Å²) in [5.41, 5.74) is -2.33. The van der Waals surface area contributed by atoms with Gasteiger partial charge in [-0.1, -0.05) is 12.1 Å². The van der Waals surface area contributed by atoms with E-state index in [0.29, 0.717) is 0 Å². The third-order valence-electron chi connectivity index (χ3n) is 3.32. The molecule has 0 unspecified atom stereocenters. The summed E-state index contributed by atoms with van der Waals surface area (Å²) in [5.74, 6) is -2.00. The lowest BCUT2D eigenvalue weighted by Crippen LogP contribution is -2.51. The molecule has 0 aliphatic carbocycles. The summed E-state index contributed by atoms with van der Waals surface area (Å²) in [6, 6.07) is 3.78. The minimum Gasteiger partial charge on any atom is -0.463 e. The molecule has 0 saturated heterocycles. The van der Waals surface area contributed by atoms with Crippen LogP contribution in [0.3, 0.4) is 0 Å². The molecule has 0 saturated carbocycles. The van der Waals surface area contributed by atoms with Gasteiger partial charge in [0.1, 0.15) is 11.4 Å². The second-order valence-corrected chi connectivity index (χ2v) is 6.27. The SMILES string of the molecule is CCOC(=O)[C@@]1(c2ccc(F)cc2)OC=N[C@H]1C(=O)OC(C)(C)C. The van der Waals surface area contributed by atoms with Crippen LogP contribution in [0.1, 0.15) is 33.3 Å². The summed E-state index contributed by atoms with van der Waals surface area (Å²) in [6.07, 6.45) is 1.02. The van der Waals surface area contributed by atoms with Crippen LogP contribution in [0.15, 0.2) is 29.3 Å².